The first-order chi connectivity index (χ1) is 15.3. The van der Waals surface area contributed by atoms with E-state index in [1.54, 1.807) is 12.3 Å². The van der Waals surface area contributed by atoms with Crippen LogP contribution in [-0.4, -0.2) is 35.8 Å². The van der Waals surface area contributed by atoms with E-state index in [0.29, 0.717) is 27.3 Å². The number of halogens is 1. The maximum atomic E-state index is 13.1. The van der Waals surface area contributed by atoms with Crippen LogP contribution >= 0.6 is 11.6 Å². The van der Waals surface area contributed by atoms with Gasteiger partial charge >= 0.3 is 0 Å². The van der Waals surface area contributed by atoms with E-state index in [0.717, 1.165) is 39.3 Å². The van der Waals surface area contributed by atoms with Crippen molar-refractivity contribution in [1.82, 2.24) is 15.2 Å². The molecular weight excluding hydrogens is 422 g/mol. The SMILES string of the molecule is Cc1cccc2c(C3=C(c4c(Cl)ccc5ccc(CN(C)C)cc45)C(=O)NC3=O)c[nH]c12. The number of rotatable bonds is 4. The maximum absolute atomic E-state index is 13.1. The van der Waals surface area contributed by atoms with Crippen LogP contribution in [0.5, 0.6) is 0 Å². The Balaban J connectivity index is 1.84. The van der Waals surface area contributed by atoms with Gasteiger partial charge in [-0.15, -0.1) is 0 Å². The number of imide groups is 1. The molecule has 5 rings (SSSR count). The van der Waals surface area contributed by atoms with E-state index in [-0.39, 0.29) is 0 Å². The fourth-order valence-electron chi connectivity index (χ4n) is 4.52. The van der Waals surface area contributed by atoms with Crippen molar-refractivity contribution in [3.8, 4) is 0 Å². The quantitative estimate of drug-likeness (QED) is 0.440. The number of carbonyl (C=O) groups excluding carboxylic acids is 2. The summed E-state index contributed by atoms with van der Waals surface area (Å²) in [5, 5.41) is 5.63. The number of aromatic nitrogens is 1. The molecule has 0 unspecified atom stereocenters. The Morgan fingerprint density at radius 2 is 1.69 bits per heavy atom. The Morgan fingerprint density at radius 3 is 2.47 bits per heavy atom. The molecule has 2 amide bonds. The van der Waals surface area contributed by atoms with Gasteiger partial charge in [0, 0.05) is 39.8 Å². The van der Waals surface area contributed by atoms with E-state index in [9.17, 15) is 9.59 Å². The van der Waals surface area contributed by atoms with Gasteiger partial charge in [0.25, 0.3) is 11.8 Å². The maximum Gasteiger partial charge on any atom is 0.259 e. The normalized spacial score (nSPS) is 14.3. The lowest BCUT2D eigenvalue weighted by Crippen LogP contribution is -2.22. The predicted molar refractivity (Wildman–Crippen MR) is 129 cm³/mol. The number of benzene rings is 3. The standard InChI is InChI=1S/C26H22ClN3O2/c1-14-5-4-6-17-19(12-28-24(14)17)22-23(26(32)29-25(22)31)21-18-11-15(13-30(2)3)7-8-16(18)9-10-20(21)27/h4-12,28H,13H2,1-3H3,(H,29,31,32). The zero-order chi connectivity index (χ0) is 22.6. The zero-order valence-corrected chi connectivity index (χ0v) is 18.8. The molecule has 0 bridgehead atoms. The molecule has 2 heterocycles. The lowest BCUT2D eigenvalue weighted by atomic mass is 9.91. The fourth-order valence-corrected chi connectivity index (χ4v) is 4.78. The highest BCUT2D eigenvalue weighted by molar-refractivity contribution is 6.52. The average molecular weight is 444 g/mol. The summed E-state index contributed by atoms with van der Waals surface area (Å²) in [4.78, 5) is 31.4. The molecule has 1 aliphatic rings. The molecule has 0 aliphatic carbocycles. The highest BCUT2D eigenvalue weighted by Gasteiger charge is 2.35. The predicted octanol–water partition coefficient (Wildman–Crippen LogP) is 4.91. The van der Waals surface area contributed by atoms with Gasteiger partial charge in [-0.2, -0.15) is 0 Å². The first kappa shape index (κ1) is 20.5. The molecule has 4 aromatic rings. The van der Waals surface area contributed by atoms with E-state index in [1.165, 1.54) is 0 Å². The Morgan fingerprint density at radius 1 is 0.938 bits per heavy atom. The van der Waals surface area contributed by atoms with Crippen LogP contribution in [0.1, 0.15) is 22.3 Å². The molecule has 0 atom stereocenters. The molecule has 0 spiro atoms. The van der Waals surface area contributed by atoms with E-state index >= 15 is 0 Å². The topological polar surface area (TPSA) is 65.2 Å². The van der Waals surface area contributed by atoms with Gasteiger partial charge in [-0.1, -0.05) is 48.0 Å². The molecular formula is C26H22ClN3O2. The number of para-hydroxylation sites is 1. The minimum Gasteiger partial charge on any atom is -0.360 e. The van der Waals surface area contributed by atoms with Crippen LogP contribution in [0.25, 0.3) is 32.8 Å². The Labute approximate surface area is 190 Å². The number of nitrogens with one attached hydrogen (secondary N) is 2. The minimum atomic E-state index is -0.431. The first-order valence-electron chi connectivity index (χ1n) is 10.4. The molecule has 1 aromatic heterocycles. The summed E-state index contributed by atoms with van der Waals surface area (Å²) in [7, 11) is 4.01. The lowest BCUT2D eigenvalue weighted by molar-refractivity contribution is -0.122. The number of aromatic amines is 1. The van der Waals surface area contributed by atoms with Gasteiger partial charge in [-0.05, 0) is 55.1 Å². The number of fused-ring (bicyclic) bond motifs is 2. The molecule has 0 saturated carbocycles. The van der Waals surface area contributed by atoms with Crippen molar-refractivity contribution in [1.29, 1.82) is 0 Å². The van der Waals surface area contributed by atoms with Crippen LogP contribution in [0.2, 0.25) is 5.02 Å². The summed E-state index contributed by atoms with van der Waals surface area (Å²) >= 11 is 6.68. The van der Waals surface area contributed by atoms with Gasteiger partial charge in [0.2, 0.25) is 0 Å². The minimum absolute atomic E-state index is 0.315. The van der Waals surface area contributed by atoms with Crippen molar-refractivity contribution in [2.75, 3.05) is 14.1 Å². The molecule has 0 radical (unpaired) electrons. The van der Waals surface area contributed by atoms with Crippen molar-refractivity contribution >= 4 is 56.2 Å². The van der Waals surface area contributed by atoms with Gasteiger partial charge < -0.3 is 9.88 Å². The Kier molecular flexibility index (Phi) is 4.88. The van der Waals surface area contributed by atoms with Crippen LogP contribution < -0.4 is 5.32 Å². The summed E-state index contributed by atoms with van der Waals surface area (Å²) in [6.07, 6.45) is 1.79. The van der Waals surface area contributed by atoms with E-state index in [1.807, 2.05) is 51.4 Å². The second-order valence-electron chi connectivity index (χ2n) is 8.45. The highest BCUT2D eigenvalue weighted by Crippen LogP contribution is 2.41. The number of amides is 2. The number of nitrogens with zero attached hydrogens (tertiary/aromatic N) is 1. The van der Waals surface area contributed by atoms with Gasteiger partial charge in [0.05, 0.1) is 11.1 Å². The summed E-state index contributed by atoms with van der Waals surface area (Å²) in [6, 6.07) is 15.8. The molecule has 32 heavy (non-hydrogen) atoms. The van der Waals surface area contributed by atoms with E-state index in [2.05, 4.69) is 27.3 Å². The second-order valence-corrected chi connectivity index (χ2v) is 8.86. The fraction of sp³-hybridized carbons (Fsp3) is 0.154. The van der Waals surface area contributed by atoms with Gasteiger partial charge in [-0.25, -0.2) is 0 Å². The van der Waals surface area contributed by atoms with Crippen molar-refractivity contribution in [2.24, 2.45) is 0 Å². The van der Waals surface area contributed by atoms with Crippen molar-refractivity contribution in [2.45, 2.75) is 13.5 Å². The summed E-state index contributed by atoms with van der Waals surface area (Å²) in [5.74, 6) is -0.843. The molecule has 0 saturated heterocycles. The second kappa shape index (κ2) is 7.62. The van der Waals surface area contributed by atoms with Gasteiger partial charge in [-0.3, -0.25) is 14.9 Å². The Bertz CT molecular complexity index is 1460. The highest BCUT2D eigenvalue weighted by atomic mass is 35.5. The lowest BCUT2D eigenvalue weighted by Gasteiger charge is -2.14. The largest absolute Gasteiger partial charge is 0.360 e. The van der Waals surface area contributed by atoms with Crippen molar-refractivity contribution in [3.63, 3.8) is 0 Å². The number of aryl methyl sites for hydroxylation is 1. The third kappa shape index (κ3) is 3.22. The summed E-state index contributed by atoms with van der Waals surface area (Å²) < 4.78 is 0. The van der Waals surface area contributed by atoms with Crippen LogP contribution in [0.15, 0.2) is 54.7 Å². The number of carbonyl (C=O) groups is 2. The number of hydrogen-bond donors (Lipinski definition) is 2. The molecule has 1 aliphatic heterocycles. The van der Waals surface area contributed by atoms with Crippen LogP contribution in [0.4, 0.5) is 0 Å². The van der Waals surface area contributed by atoms with Crippen LogP contribution in [-0.2, 0) is 16.1 Å². The van der Waals surface area contributed by atoms with E-state index in [4.69, 9.17) is 11.6 Å². The monoisotopic (exact) mass is 443 g/mol. The molecule has 5 nitrogen and oxygen atoms in total. The number of H-pyrrole nitrogens is 1. The molecule has 0 fully saturated rings. The summed E-state index contributed by atoms with van der Waals surface area (Å²) in [5.41, 5.74) is 5.05. The third-order valence-corrected chi connectivity index (χ3v) is 6.22. The Hall–Kier alpha value is -3.41. The zero-order valence-electron chi connectivity index (χ0n) is 18.0. The third-order valence-electron chi connectivity index (χ3n) is 5.91. The van der Waals surface area contributed by atoms with Crippen molar-refractivity contribution < 1.29 is 9.59 Å². The van der Waals surface area contributed by atoms with Gasteiger partial charge in [0.15, 0.2) is 0 Å². The first-order valence-corrected chi connectivity index (χ1v) is 10.8. The smallest absolute Gasteiger partial charge is 0.259 e. The average Bonchev–Trinajstić information content (AvgIpc) is 3.28. The molecule has 2 N–H and O–H groups in total. The van der Waals surface area contributed by atoms with E-state index < -0.39 is 11.8 Å². The molecule has 3 aromatic carbocycles. The molecule has 6 heteroatoms. The number of hydrogen-bond acceptors (Lipinski definition) is 3. The molecule has 160 valence electrons. The van der Waals surface area contributed by atoms with Crippen LogP contribution in [0, 0.1) is 6.92 Å². The van der Waals surface area contributed by atoms with Gasteiger partial charge in [0.1, 0.15) is 0 Å². The van der Waals surface area contributed by atoms with Crippen molar-refractivity contribution in [3.05, 3.63) is 82.0 Å². The summed E-state index contributed by atoms with van der Waals surface area (Å²) in [6.45, 7) is 2.76. The van der Waals surface area contributed by atoms with Crippen LogP contribution in [0.3, 0.4) is 0 Å².